The van der Waals surface area contributed by atoms with E-state index in [1.165, 1.54) is 33.4 Å². The van der Waals surface area contributed by atoms with Gasteiger partial charge in [-0.2, -0.15) is 0 Å². The SMILES string of the molecule is O=C(/C=C/c1ccc(CN(CCn2c3ccccc3c3ccccc32)Cc2cnc[nH]2)cc1)NO. The van der Waals surface area contributed by atoms with Gasteiger partial charge >= 0.3 is 0 Å². The number of imidazole rings is 1. The number of amides is 1. The van der Waals surface area contributed by atoms with Crippen LogP contribution >= 0.6 is 0 Å². The minimum absolute atomic E-state index is 0.551. The summed E-state index contributed by atoms with van der Waals surface area (Å²) in [5.74, 6) is -0.551. The zero-order valence-electron chi connectivity index (χ0n) is 19.3. The van der Waals surface area contributed by atoms with Crippen LogP contribution in [0.4, 0.5) is 0 Å². The lowest BCUT2D eigenvalue weighted by Crippen LogP contribution is -2.27. The summed E-state index contributed by atoms with van der Waals surface area (Å²) in [6.45, 7) is 3.26. The van der Waals surface area contributed by atoms with Gasteiger partial charge in [-0.1, -0.05) is 60.7 Å². The smallest absolute Gasteiger partial charge is 0.267 e. The monoisotopic (exact) mass is 465 g/mol. The zero-order chi connectivity index (χ0) is 24.0. The van der Waals surface area contributed by atoms with Crippen molar-refractivity contribution in [2.75, 3.05) is 6.54 Å². The molecule has 0 atom stereocenters. The first-order chi connectivity index (χ1) is 17.2. The maximum absolute atomic E-state index is 11.2. The fourth-order valence-corrected chi connectivity index (χ4v) is 4.51. The highest BCUT2D eigenvalue weighted by atomic mass is 16.5. The molecule has 3 N–H and O–H groups in total. The number of H-pyrrole nitrogens is 1. The highest BCUT2D eigenvalue weighted by Gasteiger charge is 2.13. The third-order valence-electron chi connectivity index (χ3n) is 6.19. The molecule has 3 aromatic carbocycles. The van der Waals surface area contributed by atoms with Crippen LogP contribution in [0.1, 0.15) is 16.8 Å². The summed E-state index contributed by atoms with van der Waals surface area (Å²) in [6, 6.07) is 25.2. The van der Waals surface area contributed by atoms with Crippen LogP contribution in [0.25, 0.3) is 27.9 Å². The molecule has 0 saturated heterocycles. The average Bonchev–Trinajstić information content (AvgIpc) is 3.52. The summed E-state index contributed by atoms with van der Waals surface area (Å²) in [4.78, 5) is 21.0. The van der Waals surface area contributed by atoms with E-state index in [9.17, 15) is 4.79 Å². The highest BCUT2D eigenvalue weighted by Crippen LogP contribution is 2.28. The van der Waals surface area contributed by atoms with Crippen molar-refractivity contribution in [3.05, 3.63) is 108 Å². The molecular formula is C28H27N5O2. The summed E-state index contributed by atoms with van der Waals surface area (Å²) >= 11 is 0. The molecule has 35 heavy (non-hydrogen) atoms. The molecule has 2 heterocycles. The lowest BCUT2D eigenvalue weighted by atomic mass is 10.1. The first kappa shape index (κ1) is 22.6. The summed E-state index contributed by atoms with van der Waals surface area (Å²) in [5.41, 5.74) is 7.23. The van der Waals surface area contributed by atoms with E-state index in [1.807, 2.05) is 18.3 Å². The van der Waals surface area contributed by atoms with E-state index in [0.717, 1.165) is 37.4 Å². The number of hydrogen-bond donors (Lipinski definition) is 3. The number of nitrogens with zero attached hydrogens (tertiary/aromatic N) is 3. The van der Waals surface area contributed by atoms with Gasteiger partial charge in [0.05, 0.1) is 6.33 Å². The third-order valence-corrected chi connectivity index (χ3v) is 6.19. The average molecular weight is 466 g/mol. The molecule has 0 radical (unpaired) electrons. The van der Waals surface area contributed by atoms with Gasteiger partial charge in [0, 0.05) is 66.0 Å². The number of carbonyl (C=O) groups excluding carboxylic acids is 1. The Morgan fingerprint density at radius 3 is 2.29 bits per heavy atom. The Kier molecular flexibility index (Phi) is 6.70. The zero-order valence-corrected chi connectivity index (χ0v) is 19.3. The standard InChI is InChI=1S/C28H27N5O2/c34-28(31-35)14-13-21-9-11-22(12-10-21)18-32(19-23-17-29-20-30-23)15-16-33-26-7-3-1-5-24(26)25-6-2-4-8-27(25)33/h1-14,17,20,35H,15-16,18-19H2,(H,29,30)(H,31,34)/b14-13+. The topological polar surface area (TPSA) is 86.2 Å². The molecule has 0 saturated carbocycles. The number of fused-ring (bicyclic) bond motifs is 3. The van der Waals surface area contributed by atoms with Crippen molar-refractivity contribution in [2.24, 2.45) is 0 Å². The number of aromatic nitrogens is 3. The van der Waals surface area contributed by atoms with E-state index >= 15 is 0 Å². The Morgan fingerprint density at radius 2 is 1.66 bits per heavy atom. The van der Waals surface area contributed by atoms with Crippen molar-refractivity contribution in [3.8, 4) is 0 Å². The summed E-state index contributed by atoms with van der Waals surface area (Å²) in [6.07, 6.45) is 6.54. The number of para-hydroxylation sites is 2. The molecule has 2 aromatic heterocycles. The van der Waals surface area contributed by atoms with Crippen LogP contribution in [0.3, 0.4) is 0 Å². The predicted molar refractivity (Wildman–Crippen MR) is 138 cm³/mol. The minimum atomic E-state index is -0.551. The van der Waals surface area contributed by atoms with E-state index < -0.39 is 5.91 Å². The van der Waals surface area contributed by atoms with E-state index in [1.54, 1.807) is 17.9 Å². The number of nitrogens with one attached hydrogen (secondary N) is 2. The Labute approximate surface area is 203 Å². The minimum Gasteiger partial charge on any atom is -0.347 e. The second kappa shape index (κ2) is 10.4. The predicted octanol–water partition coefficient (Wildman–Crippen LogP) is 4.74. The third kappa shape index (κ3) is 5.16. The second-order valence-electron chi connectivity index (χ2n) is 8.52. The molecule has 0 aliphatic heterocycles. The largest absolute Gasteiger partial charge is 0.347 e. The van der Waals surface area contributed by atoms with Gasteiger partial charge < -0.3 is 9.55 Å². The molecule has 0 aliphatic rings. The molecule has 0 bridgehead atoms. The van der Waals surface area contributed by atoms with E-state index in [0.29, 0.717) is 0 Å². The molecule has 0 spiro atoms. The number of carbonyl (C=O) groups is 1. The van der Waals surface area contributed by atoms with Gasteiger partial charge in [-0.15, -0.1) is 0 Å². The van der Waals surface area contributed by atoms with Crippen molar-refractivity contribution >= 4 is 33.8 Å². The Hall–Kier alpha value is -4.20. The van der Waals surface area contributed by atoms with Crippen LogP contribution in [-0.4, -0.2) is 37.1 Å². The van der Waals surface area contributed by atoms with Gasteiger partial charge in [0.1, 0.15) is 0 Å². The van der Waals surface area contributed by atoms with Crippen molar-refractivity contribution in [3.63, 3.8) is 0 Å². The van der Waals surface area contributed by atoms with Gasteiger partial charge in [0.2, 0.25) is 0 Å². The Morgan fingerprint density at radius 1 is 0.971 bits per heavy atom. The maximum atomic E-state index is 11.2. The lowest BCUT2D eigenvalue weighted by molar-refractivity contribution is -0.124. The molecule has 7 heteroatoms. The molecule has 0 unspecified atom stereocenters. The number of rotatable bonds is 9. The van der Waals surface area contributed by atoms with Gasteiger partial charge in [0.25, 0.3) is 5.91 Å². The van der Waals surface area contributed by atoms with Crippen LogP contribution in [0.5, 0.6) is 0 Å². The number of aromatic amines is 1. The highest BCUT2D eigenvalue weighted by molar-refractivity contribution is 6.07. The Balaban J connectivity index is 1.36. The number of benzene rings is 3. The Bertz CT molecular complexity index is 1400. The molecule has 7 nitrogen and oxygen atoms in total. The number of hydroxylamine groups is 1. The molecule has 0 aliphatic carbocycles. The lowest BCUT2D eigenvalue weighted by Gasteiger charge is -2.23. The molecular weight excluding hydrogens is 438 g/mol. The number of hydrogen-bond acceptors (Lipinski definition) is 4. The van der Waals surface area contributed by atoms with Crippen molar-refractivity contribution in [1.29, 1.82) is 0 Å². The molecule has 5 aromatic rings. The molecule has 5 rings (SSSR count). The van der Waals surface area contributed by atoms with Crippen LogP contribution in [0, 0.1) is 0 Å². The fraction of sp³-hybridized carbons (Fsp3) is 0.143. The molecule has 0 fully saturated rings. The first-order valence-corrected chi connectivity index (χ1v) is 11.6. The van der Waals surface area contributed by atoms with Gasteiger partial charge in [-0.05, 0) is 29.3 Å². The van der Waals surface area contributed by atoms with E-state index in [2.05, 4.69) is 80.1 Å². The van der Waals surface area contributed by atoms with Gasteiger partial charge in [-0.25, -0.2) is 10.5 Å². The molecule has 176 valence electrons. The normalized spacial score (nSPS) is 11.7. The van der Waals surface area contributed by atoms with Crippen molar-refractivity contribution in [2.45, 2.75) is 19.6 Å². The van der Waals surface area contributed by atoms with Crippen LogP contribution in [-0.2, 0) is 24.4 Å². The summed E-state index contributed by atoms with van der Waals surface area (Å²) in [7, 11) is 0. The van der Waals surface area contributed by atoms with E-state index in [4.69, 9.17) is 5.21 Å². The summed E-state index contributed by atoms with van der Waals surface area (Å²) < 4.78 is 2.41. The van der Waals surface area contributed by atoms with Crippen LogP contribution in [0.2, 0.25) is 0 Å². The first-order valence-electron chi connectivity index (χ1n) is 11.6. The molecule has 1 amide bonds. The maximum Gasteiger partial charge on any atom is 0.267 e. The van der Waals surface area contributed by atoms with Crippen LogP contribution in [0.15, 0.2) is 91.4 Å². The summed E-state index contributed by atoms with van der Waals surface area (Å²) in [5, 5.41) is 11.2. The van der Waals surface area contributed by atoms with Crippen molar-refractivity contribution in [1.82, 2.24) is 24.9 Å². The van der Waals surface area contributed by atoms with E-state index in [-0.39, 0.29) is 0 Å². The fourth-order valence-electron chi connectivity index (χ4n) is 4.51. The van der Waals surface area contributed by atoms with Crippen LogP contribution < -0.4 is 5.48 Å². The van der Waals surface area contributed by atoms with Gasteiger partial charge in [0.15, 0.2) is 0 Å². The van der Waals surface area contributed by atoms with Gasteiger partial charge in [-0.3, -0.25) is 14.9 Å². The quantitative estimate of drug-likeness (QED) is 0.167. The van der Waals surface area contributed by atoms with Crippen molar-refractivity contribution < 1.29 is 10.0 Å². The second-order valence-corrected chi connectivity index (χ2v) is 8.52.